The van der Waals surface area contributed by atoms with Crippen molar-refractivity contribution in [1.29, 1.82) is 0 Å². The lowest BCUT2D eigenvalue weighted by Crippen LogP contribution is -2.08. The molecule has 20 heavy (non-hydrogen) atoms. The van der Waals surface area contributed by atoms with E-state index in [9.17, 15) is 19.7 Å². The maximum Gasteiger partial charge on any atom is 0.300 e. The minimum absolute atomic E-state index is 0.111. The van der Waals surface area contributed by atoms with Crippen LogP contribution in [0.2, 0.25) is 0 Å². The van der Waals surface area contributed by atoms with Crippen molar-refractivity contribution >= 4 is 33.8 Å². The molecule has 0 unspecified atom stereocenters. The van der Waals surface area contributed by atoms with Gasteiger partial charge in [0.1, 0.15) is 5.69 Å². The molecule has 0 fully saturated rings. The van der Waals surface area contributed by atoms with E-state index in [1.165, 1.54) is 32.0 Å². The van der Waals surface area contributed by atoms with E-state index in [1.807, 2.05) is 0 Å². The molecule has 0 aromatic heterocycles. The first-order valence-electron chi connectivity index (χ1n) is 5.90. The van der Waals surface area contributed by atoms with Crippen molar-refractivity contribution in [3.8, 4) is 0 Å². The zero-order valence-electron chi connectivity index (χ0n) is 11.0. The molecule has 6 nitrogen and oxygen atoms in total. The lowest BCUT2D eigenvalue weighted by molar-refractivity contribution is -0.382. The quantitative estimate of drug-likeness (QED) is 0.528. The standard InChI is InChI=1S/C14H12N2O4/c1-8(17)10-3-5-12-11(7-10)4-6-13(15-9(2)18)14(12)16(19)20/h3-7H,1-2H3,(H,15,18). The van der Waals surface area contributed by atoms with Gasteiger partial charge < -0.3 is 5.32 Å². The number of anilines is 1. The van der Waals surface area contributed by atoms with Gasteiger partial charge >= 0.3 is 0 Å². The Morgan fingerprint density at radius 3 is 2.40 bits per heavy atom. The molecule has 2 rings (SSSR count). The Balaban J connectivity index is 2.72. The molecule has 2 aromatic rings. The Hall–Kier alpha value is -2.76. The molecule has 6 heteroatoms. The van der Waals surface area contributed by atoms with Gasteiger partial charge in [0.2, 0.25) is 5.91 Å². The number of ketones is 1. The van der Waals surface area contributed by atoms with E-state index in [4.69, 9.17) is 0 Å². The molecule has 1 amide bonds. The van der Waals surface area contributed by atoms with Crippen LogP contribution < -0.4 is 5.32 Å². The monoisotopic (exact) mass is 272 g/mol. The zero-order chi connectivity index (χ0) is 14.9. The summed E-state index contributed by atoms with van der Waals surface area (Å²) in [6, 6.07) is 7.76. The van der Waals surface area contributed by atoms with Crippen LogP contribution in [0.5, 0.6) is 0 Å². The molecule has 0 aliphatic heterocycles. The number of fused-ring (bicyclic) bond motifs is 1. The van der Waals surface area contributed by atoms with E-state index in [0.29, 0.717) is 16.3 Å². The van der Waals surface area contributed by atoms with E-state index in [1.54, 1.807) is 12.1 Å². The maximum absolute atomic E-state index is 11.3. The fraction of sp³-hybridized carbons (Fsp3) is 0.143. The molecule has 0 saturated carbocycles. The van der Waals surface area contributed by atoms with Crippen molar-refractivity contribution in [2.45, 2.75) is 13.8 Å². The first-order valence-corrected chi connectivity index (χ1v) is 5.90. The predicted molar refractivity (Wildman–Crippen MR) is 74.9 cm³/mol. The number of hydrogen-bond donors (Lipinski definition) is 1. The molecule has 0 saturated heterocycles. The van der Waals surface area contributed by atoms with E-state index in [0.717, 1.165) is 0 Å². The van der Waals surface area contributed by atoms with Crippen molar-refractivity contribution in [2.75, 3.05) is 5.32 Å². The van der Waals surface area contributed by atoms with Gasteiger partial charge in [-0.25, -0.2) is 0 Å². The number of amides is 1. The highest BCUT2D eigenvalue weighted by Gasteiger charge is 2.19. The van der Waals surface area contributed by atoms with Gasteiger partial charge in [-0.2, -0.15) is 0 Å². The second kappa shape index (κ2) is 5.08. The second-order valence-electron chi connectivity index (χ2n) is 4.39. The number of nitrogens with zero attached hydrogens (tertiary/aromatic N) is 1. The molecule has 0 aliphatic carbocycles. The van der Waals surface area contributed by atoms with Gasteiger partial charge in [0.15, 0.2) is 5.78 Å². The third kappa shape index (κ3) is 2.49. The second-order valence-corrected chi connectivity index (χ2v) is 4.39. The average molecular weight is 272 g/mol. The van der Waals surface area contributed by atoms with E-state index >= 15 is 0 Å². The Labute approximate surface area is 114 Å². The largest absolute Gasteiger partial charge is 0.321 e. The average Bonchev–Trinajstić information content (AvgIpc) is 2.36. The summed E-state index contributed by atoms with van der Waals surface area (Å²) in [6.07, 6.45) is 0. The number of hydrogen-bond acceptors (Lipinski definition) is 4. The molecule has 2 aromatic carbocycles. The first-order chi connectivity index (χ1) is 9.40. The van der Waals surface area contributed by atoms with Gasteiger partial charge in [0.25, 0.3) is 5.69 Å². The fourth-order valence-electron chi connectivity index (χ4n) is 2.02. The van der Waals surface area contributed by atoms with Crippen molar-refractivity contribution < 1.29 is 14.5 Å². The SMILES string of the molecule is CC(=O)Nc1ccc2cc(C(C)=O)ccc2c1[N+](=O)[O-]. The van der Waals surface area contributed by atoms with Gasteiger partial charge in [-0.05, 0) is 30.5 Å². The number of nitrogens with one attached hydrogen (secondary N) is 1. The van der Waals surface area contributed by atoms with Crippen LogP contribution in [0.15, 0.2) is 30.3 Å². The lowest BCUT2D eigenvalue weighted by atomic mass is 10.0. The molecular weight excluding hydrogens is 260 g/mol. The van der Waals surface area contributed by atoms with Crippen LogP contribution in [0.3, 0.4) is 0 Å². The summed E-state index contributed by atoms with van der Waals surface area (Å²) >= 11 is 0. The molecule has 102 valence electrons. The predicted octanol–water partition coefficient (Wildman–Crippen LogP) is 2.91. The summed E-state index contributed by atoms with van der Waals surface area (Å²) in [4.78, 5) is 33.1. The van der Waals surface area contributed by atoms with Gasteiger partial charge in [0, 0.05) is 12.5 Å². The van der Waals surface area contributed by atoms with Crippen molar-refractivity contribution in [3.05, 3.63) is 46.0 Å². The molecule has 0 atom stereocenters. The smallest absolute Gasteiger partial charge is 0.300 e. The molecule has 1 N–H and O–H groups in total. The van der Waals surface area contributed by atoms with Crippen molar-refractivity contribution in [3.63, 3.8) is 0 Å². The lowest BCUT2D eigenvalue weighted by Gasteiger charge is -2.07. The molecule has 0 aliphatic rings. The van der Waals surface area contributed by atoms with Crippen LogP contribution in [0.1, 0.15) is 24.2 Å². The van der Waals surface area contributed by atoms with Crippen LogP contribution in [-0.4, -0.2) is 16.6 Å². The minimum Gasteiger partial charge on any atom is -0.321 e. The van der Waals surface area contributed by atoms with Crippen molar-refractivity contribution in [1.82, 2.24) is 0 Å². The highest BCUT2D eigenvalue weighted by Crippen LogP contribution is 2.34. The third-order valence-corrected chi connectivity index (χ3v) is 2.89. The number of carbonyl (C=O) groups is 2. The molecule has 0 heterocycles. The normalized spacial score (nSPS) is 10.3. The number of benzene rings is 2. The summed E-state index contributed by atoms with van der Waals surface area (Å²) in [5.41, 5.74) is 0.456. The summed E-state index contributed by atoms with van der Waals surface area (Å²) in [6.45, 7) is 2.72. The minimum atomic E-state index is -0.541. The van der Waals surface area contributed by atoms with Crippen LogP contribution in [0.25, 0.3) is 10.8 Å². The summed E-state index contributed by atoms with van der Waals surface area (Å²) in [7, 11) is 0. The van der Waals surface area contributed by atoms with Gasteiger partial charge in [-0.3, -0.25) is 19.7 Å². The number of rotatable bonds is 3. The fourth-order valence-corrected chi connectivity index (χ4v) is 2.02. The Morgan fingerprint density at radius 1 is 1.15 bits per heavy atom. The topological polar surface area (TPSA) is 89.3 Å². The number of nitro groups is 1. The summed E-state index contributed by atoms with van der Waals surface area (Å²) < 4.78 is 0. The van der Waals surface area contributed by atoms with E-state index in [2.05, 4.69) is 5.32 Å². The van der Waals surface area contributed by atoms with Gasteiger partial charge in [-0.15, -0.1) is 0 Å². The van der Waals surface area contributed by atoms with Gasteiger partial charge in [0.05, 0.1) is 10.3 Å². The van der Waals surface area contributed by atoms with E-state index in [-0.39, 0.29) is 23.1 Å². The maximum atomic E-state index is 11.3. The summed E-state index contributed by atoms with van der Waals surface area (Å²) in [5.74, 6) is -0.492. The Kier molecular flexibility index (Phi) is 3.47. The number of Topliss-reactive ketones (excluding diaryl/α,β-unsaturated/α-hetero) is 1. The van der Waals surface area contributed by atoms with Crippen LogP contribution in [0, 0.1) is 10.1 Å². The summed E-state index contributed by atoms with van der Waals surface area (Å²) in [5, 5.41) is 14.6. The molecular formula is C14H12N2O4. The van der Waals surface area contributed by atoms with Crippen LogP contribution >= 0.6 is 0 Å². The van der Waals surface area contributed by atoms with Crippen LogP contribution in [-0.2, 0) is 4.79 Å². The number of carbonyl (C=O) groups excluding carboxylic acids is 2. The Morgan fingerprint density at radius 2 is 1.85 bits per heavy atom. The third-order valence-electron chi connectivity index (χ3n) is 2.89. The first kappa shape index (κ1) is 13.7. The molecule has 0 radical (unpaired) electrons. The van der Waals surface area contributed by atoms with Gasteiger partial charge in [-0.1, -0.05) is 12.1 Å². The van der Waals surface area contributed by atoms with Crippen LogP contribution in [0.4, 0.5) is 11.4 Å². The molecule has 0 bridgehead atoms. The molecule has 0 spiro atoms. The Bertz CT molecular complexity index is 737. The number of nitro benzene ring substituents is 1. The highest BCUT2D eigenvalue weighted by atomic mass is 16.6. The zero-order valence-corrected chi connectivity index (χ0v) is 11.0. The highest BCUT2D eigenvalue weighted by molar-refractivity contribution is 6.04. The van der Waals surface area contributed by atoms with Crippen molar-refractivity contribution in [2.24, 2.45) is 0 Å². The van der Waals surface area contributed by atoms with E-state index < -0.39 is 4.92 Å².